The summed E-state index contributed by atoms with van der Waals surface area (Å²) in [6, 6.07) is 6.93. The van der Waals surface area contributed by atoms with Crippen LogP contribution in [0.1, 0.15) is 36.2 Å². The number of hydrogen-bond donors (Lipinski definition) is 3. The number of anilines is 3. The molecule has 0 saturated heterocycles. The molecular formula is C24H25N7O4S. The van der Waals surface area contributed by atoms with E-state index in [1.165, 1.54) is 14.2 Å². The Labute approximate surface area is 210 Å². The first kappa shape index (κ1) is 23.9. The van der Waals surface area contributed by atoms with Crippen molar-refractivity contribution in [3.63, 3.8) is 0 Å². The highest BCUT2D eigenvalue weighted by molar-refractivity contribution is 7.92. The number of aromatic nitrogens is 4. The fraction of sp³-hybridized carbons (Fsp3) is 0.333. The predicted molar refractivity (Wildman–Crippen MR) is 134 cm³/mol. The van der Waals surface area contributed by atoms with Gasteiger partial charge in [0, 0.05) is 31.9 Å². The van der Waals surface area contributed by atoms with E-state index in [0.717, 1.165) is 25.7 Å². The summed E-state index contributed by atoms with van der Waals surface area (Å²) in [6.45, 7) is 0. The molecule has 1 atom stereocenters. The van der Waals surface area contributed by atoms with E-state index in [4.69, 9.17) is 4.74 Å². The summed E-state index contributed by atoms with van der Waals surface area (Å²) in [5.74, 6) is 0.514. The van der Waals surface area contributed by atoms with Gasteiger partial charge in [0.1, 0.15) is 5.25 Å². The van der Waals surface area contributed by atoms with Crippen molar-refractivity contribution < 1.29 is 18.9 Å². The Morgan fingerprint density at radius 2 is 1.83 bits per heavy atom. The zero-order valence-corrected chi connectivity index (χ0v) is 20.6. The van der Waals surface area contributed by atoms with Gasteiger partial charge in [-0.05, 0) is 36.2 Å². The van der Waals surface area contributed by atoms with Crippen molar-refractivity contribution in [2.45, 2.75) is 35.8 Å². The molecule has 1 unspecified atom stereocenters. The molecule has 0 radical (unpaired) electrons. The van der Waals surface area contributed by atoms with E-state index in [1.54, 1.807) is 30.6 Å². The number of para-hydroxylation sites is 1. The van der Waals surface area contributed by atoms with Gasteiger partial charge >= 0.3 is 0 Å². The molecule has 36 heavy (non-hydrogen) atoms. The average molecular weight is 508 g/mol. The van der Waals surface area contributed by atoms with Gasteiger partial charge in [-0.2, -0.15) is 0 Å². The Bertz CT molecular complexity index is 1300. The quantitative estimate of drug-likeness (QED) is 0.371. The molecule has 2 heterocycles. The average Bonchev–Trinajstić information content (AvgIpc) is 3.81. The number of benzene rings is 1. The largest absolute Gasteiger partial charge is 0.611 e. The van der Waals surface area contributed by atoms with Crippen LogP contribution in [0.4, 0.5) is 17.2 Å². The summed E-state index contributed by atoms with van der Waals surface area (Å²) >= 11 is -1.09. The standard InChI is InChI=1S/C24H25N7O4S/c1-25-24(33)20-18(10-19(30-31-20)29-23(32)13-6-7-13)28-17-5-3-4-16(21(17)35-2)22-26-11-15(12-27-22)36(34)14-8-9-14/h3-5,10-14H,6-9H2,1-2H3,(H,25,33)(H2,28,29,30,32). The number of nitrogens with one attached hydrogen (secondary N) is 3. The van der Waals surface area contributed by atoms with E-state index >= 15 is 0 Å². The monoisotopic (exact) mass is 507 g/mol. The van der Waals surface area contributed by atoms with Crippen LogP contribution in [0.25, 0.3) is 11.4 Å². The van der Waals surface area contributed by atoms with Gasteiger partial charge in [-0.1, -0.05) is 6.07 Å². The normalized spacial score (nSPS) is 15.6. The molecule has 1 aromatic carbocycles. The molecule has 2 aliphatic rings. The lowest BCUT2D eigenvalue weighted by atomic mass is 10.1. The summed E-state index contributed by atoms with van der Waals surface area (Å²) < 4.78 is 18.1. The third-order valence-electron chi connectivity index (χ3n) is 5.85. The Morgan fingerprint density at radius 3 is 2.47 bits per heavy atom. The van der Waals surface area contributed by atoms with Crippen LogP contribution in [-0.4, -0.2) is 55.9 Å². The minimum absolute atomic E-state index is 0.00769. The number of ether oxygens (including phenoxy) is 1. The highest BCUT2D eigenvalue weighted by atomic mass is 32.2. The first-order chi connectivity index (χ1) is 17.5. The lowest BCUT2D eigenvalue weighted by molar-refractivity contribution is -0.117. The molecule has 2 aromatic heterocycles. The molecule has 3 N–H and O–H groups in total. The van der Waals surface area contributed by atoms with Crippen LogP contribution in [0.5, 0.6) is 5.75 Å². The molecule has 5 rings (SSSR count). The summed E-state index contributed by atoms with van der Waals surface area (Å²) in [5.41, 5.74) is 1.53. The van der Waals surface area contributed by atoms with Crippen molar-refractivity contribution >= 4 is 40.2 Å². The third-order valence-corrected chi connectivity index (χ3v) is 7.60. The second kappa shape index (κ2) is 10.1. The van der Waals surface area contributed by atoms with E-state index in [-0.39, 0.29) is 28.6 Å². The minimum atomic E-state index is -1.09. The summed E-state index contributed by atoms with van der Waals surface area (Å²) in [4.78, 5) is 34.1. The third kappa shape index (κ3) is 5.09. The SMILES string of the molecule is CNC(=O)c1nnc(NC(=O)C2CC2)cc1Nc1cccc(-c2ncc([S+]([O-])C3CC3)cn2)c1OC. The number of amides is 2. The molecule has 0 spiro atoms. The van der Waals surface area contributed by atoms with Crippen molar-refractivity contribution in [1.29, 1.82) is 0 Å². The number of methoxy groups -OCH3 is 1. The summed E-state index contributed by atoms with van der Waals surface area (Å²) in [5, 5.41) is 16.7. The molecule has 12 heteroatoms. The van der Waals surface area contributed by atoms with Crippen molar-refractivity contribution in [2.75, 3.05) is 24.8 Å². The van der Waals surface area contributed by atoms with Crippen molar-refractivity contribution in [3.8, 4) is 17.1 Å². The Kier molecular flexibility index (Phi) is 6.70. The molecular weight excluding hydrogens is 482 g/mol. The minimum Gasteiger partial charge on any atom is -0.611 e. The lowest BCUT2D eigenvalue weighted by Gasteiger charge is -2.16. The first-order valence-electron chi connectivity index (χ1n) is 11.6. The van der Waals surface area contributed by atoms with Crippen LogP contribution in [0, 0.1) is 5.92 Å². The maximum absolute atomic E-state index is 12.4. The molecule has 0 bridgehead atoms. The Morgan fingerprint density at radius 1 is 1.08 bits per heavy atom. The van der Waals surface area contributed by atoms with Gasteiger partial charge in [-0.25, -0.2) is 9.97 Å². The van der Waals surface area contributed by atoms with Crippen molar-refractivity contribution in [2.24, 2.45) is 5.92 Å². The molecule has 3 aromatic rings. The fourth-order valence-corrected chi connectivity index (χ4v) is 4.88. The Balaban J connectivity index is 1.46. The van der Waals surface area contributed by atoms with E-state index < -0.39 is 17.1 Å². The van der Waals surface area contributed by atoms with Gasteiger partial charge < -0.3 is 25.2 Å². The maximum atomic E-state index is 12.4. The van der Waals surface area contributed by atoms with Crippen molar-refractivity contribution in [3.05, 3.63) is 42.4 Å². The van der Waals surface area contributed by atoms with E-state index in [9.17, 15) is 14.1 Å². The fourth-order valence-electron chi connectivity index (χ4n) is 3.62. The van der Waals surface area contributed by atoms with Gasteiger partial charge in [-0.3, -0.25) is 9.59 Å². The van der Waals surface area contributed by atoms with Crippen molar-refractivity contribution in [1.82, 2.24) is 25.5 Å². The molecule has 2 fully saturated rings. The summed E-state index contributed by atoms with van der Waals surface area (Å²) in [7, 11) is 3.02. The van der Waals surface area contributed by atoms with Gasteiger partial charge in [0.05, 0.1) is 36.4 Å². The molecule has 186 valence electrons. The first-order valence-corrected chi connectivity index (χ1v) is 12.8. The van der Waals surface area contributed by atoms with Gasteiger partial charge in [0.2, 0.25) is 5.91 Å². The van der Waals surface area contributed by atoms with Crippen LogP contribution in [0.15, 0.2) is 41.6 Å². The smallest absolute Gasteiger partial charge is 0.273 e. The lowest BCUT2D eigenvalue weighted by Crippen LogP contribution is -2.22. The van der Waals surface area contributed by atoms with Gasteiger partial charge in [0.15, 0.2) is 28.0 Å². The number of carbonyl (C=O) groups excluding carboxylic acids is 2. The zero-order chi connectivity index (χ0) is 25.2. The van der Waals surface area contributed by atoms with E-state index in [2.05, 4.69) is 36.1 Å². The second-order valence-electron chi connectivity index (χ2n) is 8.59. The maximum Gasteiger partial charge on any atom is 0.273 e. The van der Waals surface area contributed by atoms with E-state index in [0.29, 0.717) is 33.4 Å². The van der Waals surface area contributed by atoms with Crippen LogP contribution in [0.3, 0.4) is 0 Å². The number of hydrogen-bond acceptors (Lipinski definition) is 9. The molecule has 2 aliphatic carbocycles. The van der Waals surface area contributed by atoms with Gasteiger partial charge in [-0.15, -0.1) is 10.2 Å². The molecule has 0 aliphatic heterocycles. The molecule has 2 saturated carbocycles. The van der Waals surface area contributed by atoms with Crippen LogP contribution in [-0.2, 0) is 16.0 Å². The number of rotatable bonds is 9. The zero-order valence-electron chi connectivity index (χ0n) is 19.8. The molecule has 11 nitrogen and oxygen atoms in total. The highest BCUT2D eigenvalue weighted by Crippen LogP contribution is 2.38. The Hall–Kier alpha value is -3.77. The number of nitrogens with zero attached hydrogens (tertiary/aromatic N) is 4. The van der Waals surface area contributed by atoms with Crippen LogP contribution < -0.4 is 20.7 Å². The van der Waals surface area contributed by atoms with Gasteiger partial charge in [0.25, 0.3) is 5.91 Å². The molecule has 2 amide bonds. The van der Waals surface area contributed by atoms with Crippen LogP contribution >= 0.6 is 0 Å². The second-order valence-corrected chi connectivity index (χ2v) is 10.3. The van der Waals surface area contributed by atoms with Crippen LogP contribution in [0.2, 0.25) is 0 Å². The predicted octanol–water partition coefficient (Wildman–Crippen LogP) is 2.66. The number of carbonyl (C=O) groups is 2. The summed E-state index contributed by atoms with van der Waals surface area (Å²) in [6.07, 6.45) is 6.80. The topological polar surface area (TPSA) is 154 Å². The van der Waals surface area contributed by atoms with E-state index in [1.807, 2.05) is 6.07 Å². The highest BCUT2D eigenvalue weighted by Gasteiger charge is 2.36.